The summed E-state index contributed by atoms with van der Waals surface area (Å²) in [6.45, 7) is 4.52. The second-order valence-corrected chi connectivity index (χ2v) is 10.8. The number of rotatable bonds is 5. The number of esters is 1. The Bertz CT molecular complexity index is 1320. The molecule has 0 aliphatic carbocycles. The van der Waals surface area contributed by atoms with Crippen LogP contribution in [0.25, 0.3) is 10.8 Å². The summed E-state index contributed by atoms with van der Waals surface area (Å²) in [7, 11) is -4.24. The third-order valence-corrected chi connectivity index (χ3v) is 6.55. The maximum atomic E-state index is 13.5. The number of carbonyl (C=O) groups excluding carboxylic acids is 1. The van der Waals surface area contributed by atoms with E-state index in [1.165, 1.54) is 18.2 Å². The fourth-order valence-electron chi connectivity index (χ4n) is 3.07. The van der Waals surface area contributed by atoms with Crippen LogP contribution < -0.4 is 4.31 Å². The molecule has 0 aliphatic rings. The maximum Gasteiger partial charge on any atom is 0.327 e. The van der Waals surface area contributed by atoms with Gasteiger partial charge in [0.25, 0.3) is 10.0 Å². The van der Waals surface area contributed by atoms with Gasteiger partial charge in [-0.3, -0.25) is 9.10 Å². The molecule has 0 fully saturated rings. The van der Waals surface area contributed by atoms with Crippen molar-refractivity contribution >= 4 is 55.7 Å². The molecular formula is C23H20Cl2N2O4S. The van der Waals surface area contributed by atoms with E-state index >= 15 is 0 Å². The molecule has 0 bridgehead atoms. The van der Waals surface area contributed by atoms with Crippen LogP contribution in [0.15, 0.2) is 59.5 Å². The molecule has 166 valence electrons. The first-order valence-electron chi connectivity index (χ1n) is 9.54. The molecule has 0 unspecified atom stereocenters. The molecule has 32 heavy (non-hydrogen) atoms. The lowest BCUT2D eigenvalue weighted by Gasteiger charge is -2.26. The van der Waals surface area contributed by atoms with Crippen molar-refractivity contribution in [1.82, 2.24) is 0 Å². The van der Waals surface area contributed by atoms with Crippen molar-refractivity contribution in [1.29, 1.82) is 5.26 Å². The Hall–Kier alpha value is -2.79. The van der Waals surface area contributed by atoms with Crippen LogP contribution in [0.4, 0.5) is 5.69 Å². The van der Waals surface area contributed by atoms with E-state index in [1.54, 1.807) is 57.2 Å². The lowest BCUT2D eigenvalue weighted by Crippen LogP contribution is -2.39. The van der Waals surface area contributed by atoms with Gasteiger partial charge in [-0.05, 0) is 74.0 Å². The van der Waals surface area contributed by atoms with Gasteiger partial charge in [0.05, 0.1) is 22.2 Å². The van der Waals surface area contributed by atoms with Gasteiger partial charge in [0.2, 0.25) is 0 Å². The average molecular weight is 491 g/mol. The van der Waals surface area contributed by atoms with Gasteiger partial charge in [0, 0.05) is 10.0 Å². The predicted molar refractivity (Wildman–Crippen MR) is 126 cm³/mol. The number of ether oxygens (including phenoxy) is 1. The summed E-state index contributed by atoms with van der Waals surface area (Å²) in [6, 6.07) is 16.0. The third-order valence-electron chi connectivity index (χ3n) is 4.36. The fourth-order valence-corrected chi connectivity index (χ4v) is 5.20. The summed E-state index contributed by atoms with van der Waals surface area (Å²) in [5, 5.41) is 10.9. The van der Waals surface area contributed by atoms with E-state index in [9.17, 15) is 18.5 Å². The summed E-state index contributed by atoms with van der Waals surface area (Å²) in [4.78, 5) is 12.4. The molecule has 0 aromatic heterocycles. The fraction of sp³-hybridized carbons (Fsp3) is 0.217. The Morgan fingerprint density at radius 2 is 1.62 bits per heavy atom. The quantitative estimate of drug-likeness (QED) is 0.437. The summed E-state index contributed by atoms with van der Waals surface area (Å²) in [6.07, 6.45) is 0. The van der Waals surface area contributed by atoms with Gasteiger partial charge < -0.3 is 4.74 Å². The van der Waals surface area contributed by atoms with Gasteiger partial charge in [0.1, 0.15) is 12.1 Å². The Labute approximate surface area is 197 Å². The van der Waals surface area contributed by atoms with Gasteiger partial charge >= 0.3 is 5.97 Å². The van der Waals surface area contributed by atoms with Crippen LogP contribution in [0, 0.1) is 11.3 Å². The monoisotopic (exact) mass is 490 g/mol. The number of anilines is 1. The molecular weight excluding hydrogens is 471 g/mol. The molecule has 0 amide bonds. The molecule has 3 aromatic carbocycles. The summed E-state index contributed by atoms with van der Waals surface area (Å²) in [5.41, 5.74) is -0.135. The van der Waals surface area contributed by atoms with Crippen LogP contribution in [0.5, 0.6) is 0 Å². The number of sulfonamides is 1. The Balaban J connectivity index is 2.15. The molecule has 9 heteroatoms. The van der Waals surface area contributed by atoms with Crippen molar-refractivity contribution in [3.8, 4) is 6.07 Å². The smallest absolute Gasteiger partial charge is 0.327 e. The van der Waals surface area contributed by atoms with Crippen molar-refractivity contribution in [2.45, 2.75) is 31.3 Å². The molecule has 0 radical (unpaired) electrons. The molecule has 0 saturated carbocycles. The van der Waals surface area contributed by atoms with E-state index < -0.39 is 28.1 Å². The zero-order chi connectivity index (χ0) is 23.7. The Kier molecular flexibility index (Phi) is 6.70. The first kappa shape index (κ1) is 23.9. The van der Waals surface area contributed by atoms with E-state index in [0.717, 1.165) is 9.69 Å². The summed E-state index contributed by atoms with van der Waals surface area (Å²) in [5.74, 6) is -0.722. The molecule has 3 rings (SSSR count). The molecule has 0 spiro atoms. The van der Waals surface area contributed by atoms with Crippen LogP contribution in [-0.2, 0) is 19.6 Å². The van der Waals surface area contributed by atoms with Crippen LogP contribution >= 0.6 is 23.2 Å². The molecule has 3 aromatic rings. The highest BCUT2D eigenvalue weighted by molar-refractivity contribution is 7.92. The van der Waals surface area contributed by atoms with Gasteiger partial charge in [-0.25, -0.2) is 8.42 Å². The molecule has 6 nitrogen and oxygen atoms in total. The molecule has 0 aliphatic heterocycles. The van der Waals surface area contributed by atoms with Crippen LogP contribution in [0.1, 0.15) is 26.3 Å². The molecule has 0 saturated heterocycles. The zero-order valence-corrected chi connectivity index (χ0v) is 19.9. The highest BCUT2D eigenvalue weighted by Crippen LogP contribution is 2.30. The average Bonchev–Trinajstić information content (AvgIpc) is 2.69. The molecule has 0 N–H and O–H groups in total. The van der Waals surface area contributed by atoms with Crippen molar-refractivity contribution in [3.05, 3.63) is 70.2 Å². The minimum absolute atomic E-state index is 0.144. The van der Waals surface area contributed by atoms with Crippen molar-refractivity contribution in [2.24, 2.45) is 0 Å². The normalized spacial score (nSPS) is 11.8. The largest absolute Gasteiger partial charge is 0.459 e. The van der Waals surface area contributed by atoms with Crippen molar-refractivity contribution in [2.75, 3.05) is 10.8 Å². The Morgan fingerprint density at radius 1 is 1.00 bits per heavy atom. The van der Waals surface area contributed by atoms with Crippen LogP contribution in [0.3, 0.4) is 0 Å². The van der Waals surface area contributed by atoms with E-state index in [0.29, 0.717) is 10.9 Å². The van der Waals surface area contributed by atoms with Crippen LogP contribution in [0.2, 0.25) is 10.0 Å². The number of carbonyl (C=O) groups is 1. The van der Waals surface area contributed by atoms with Gasteiger partial charge in [-0.1, -0.05) is 35.3 Å². The third kappa shape index (κ3) is 5.52. The topological polar surface area (TPSA) is 87.5 Å². The van der Waals surface area contributed by atoms with Crippen molar-refractivity contribution < 1.29 is 17.9 Å². The second-order valence-electron chi connectivity index (χ2n) is 8.06. The summed E-state index contributed by atoms with van der Waals surface area (Å²) >= 11 is 12.0. The van der Waals surface area contributed by atoms with E-state index in [1.807, 2.05) is 0 Å². The minimum Gasteiger partial charge on any atom is -0.459 e. The van der Waals surface area contributed by atoms with Gasteiger partial charge in [-0.15, -0.1) is 0 Å². The number of halogens is 2. The highest BCUT2D eigenvalue weighted by Gasteiger charge is 2.30. The standard InChI is InChI=1S/C23H20Cl2N2O4S/c1-23(2,3)31-22(28)14-27(32(29,30)21-11-18(24)10-19(25)12-21)20-7-6-16-5-4-15(13-26)8-17(16)9-20/h4-12H,14H2,1-3H3. The van der Waals surface area contributed by atoms with Crippen molar-refractivity contribution in [3.63, 3.8) is 0 Å². The lowest BCUT2D eigenvalue weighted by molar-refractivity contribution is -0.152. The first-order chi connectivity index (χ1) is 14.9. The first-order valence-corrected chi connectivity index (χ1v) is 11.7. The number of benzene rings is 3. The molecule has 0 heterocycles. The second kappa shape index (κ2) is 8.99. The van der Waals surface area contributed by atoms with Crippen LogP contribution in [-0.4, -0.2) is 26.5 Å². The van der Waals surface area contributed by atoms with Gasteiger partial charge in [-0.2, -0.15) is 5.26 Å². The summed E-state index contributed by atoms with van der Waals surface area (Å²) < 4.78 is 33.4. The highest BCUT2D eigenvalue weighted by atomic mass is 35.5. The van der Waals surface area contributed by atoms with E-state index in [-0.39, 0.29) is 20.6 Å². The van der Waals surface area contributed by atoms with E-state index in [2.05, 4.69) is 6.07 Å². The number of fused-ring (bicyclic) bond motifs is 1. The predicted octanol–water partition coefficient (Wildman–Crippen LogP) is 5.56. The lowest BCUT2D eigenvalue weighted by atomic mass is 10.1. The van der Waals surface area contributed by atoms with E-state index in [4.69, 9.17) is 27.9 Å². The maximum absolute atomic E-state index is 13.5. The number of nitrogens with zero attached hydrogens (tertiary/aromatic N) is 2. The minimum atomic E-state index is -4.24. The number of nitriles is 1. The number of hydrogen-bond donors (Lipinski definition) is 0. The number of hydrogen-bond acceptors (Lipinski definition) is 5. The zero-order valence-electron chi connectivity index (χ0n) is 17.6. The Morgan fingerprint density at radius 3 is 2.22 bits per heavy atom. The molecule has 0 atom stereocenters. The van der Waals surface area contributed by atoms with Gasteiger partial charge in [0.15, 0.2) is 0 Å². The SMILES string of the molecule is CC(C)(C)OC(=O)CN(c1ccc2ccc(C#N)cc2c1)S(=O)(=O)c1cc(Cl)cc(Cl)c1.